The molecule has 0 aliphatic heterocycles. The molecule has 5 nitrogen and oxygen atoms in total. The first-order chi connectivity index (χ1) is 11.5. The van der Waals surface area contributed by atoms with Gasteiger partial charge in [-0.1, -0.05) is 48.0 Å². The fourth-order valence-electron chi connectivity index (χ4n) is 2.43. The van der Waals surface area contributed by atoms with Gasteiger partial charge in [-0.05, 0) is 24.6 Å². The lowest BCUT2D eigenvalue weighted by atomic mass is 10.2. The van der Waals surface area contributed by atoms with Gasteiger partial charge in [0.15, 0.2) is 0 Å². The van der Waals surface area contributed by atoms with Crippen LogP contribution in [0.4, 0.5) is 0 Å². The molecule has 2 rings (SSSR count). The SMILES string of the molecule is Cc1ccc(S(=O)(=O)NCCN(CCN)Cc2ccccc2)cc1. The highest BCUT2D eigenvalue weighted by molar-refractivity contribution is 7.89. The van der Waals surface area contributed by atoms with Crippen LogP contribution in [0.3, 0.4) is 0 Å². The van der Waals surface area contributed by atoms with Gasteiger partial charge in [0.1, 0.15) is 0 Å². The van der Waals surface area contributed by atoms with Crippen molar-refractivity contribution in [2.75, 3.05) is 26.2 Å². The molecule has 0 heterocycles. The van der Waals surface area contributed by atoms with Crippen LogP contribution in [0.25, 0.3) is 0 Å². The predicted octanol–water partition coefficient (Wildman–Crippen LogP) is 1.73. The second-order valence-corrected chi connectivity index (χ2v) is 7.53. The van der Waals surface area contributed by atoms with E-state index in [-0.39, 0.29) is 0 Å². The zero-order valence-corrected chi connectivity index (χ0v) is 14.8. The maximum absolute atomic E-state index is 12.3. The molecule has 2 aromatic carbocycles. The Labute approximate surface area is 144 Å². The maximum atomic E-state index is 12.3. The van der Waals surface area contributed by atoms with Crippen LogP contribution < -0.4 is 10.5 Å². The third-order valence-electron chi connectivity index (χ3n) is 3.75. The van der Waals surface area contributed by atoms with Crippen LogP contribution in [-0.2, 0) is 16.6 Å². The summed E-state index contributed by atoms with van der Waals surface area (Å²) < 4.78 is 27.2. The van der Waals surface area contributed by atoms with E-state index in [1.165, 1.54) is 5.56 Å². The van der Waals surface area contributed by atoms with Crippen molar-refractivity contribution in [2.24, 2.45) is 5.73 Å². The van der Waals surface area contributed by atoms with E-state index in [0.717, 1.165) is 18.7 Å². The Balaban J connectivity index is 1.91. The Hall–Kier alpha value is -1.73. The smallest absolute Gasteiger partial charge is 0.240 e. The molecule has 3 N–H and O–H groups in total. The molecule has 0 saturated heterocycles. The number of hydrogen-bond acceptors (Lipinski definition) is 4. The molecule has 0 amide bonds. The van der Waals surface area contributed by atoms with E-state index in [9.17, 15) is 8.42 Å². The number of nitrogens with two attached hydrogens (primary N) is 1. The Morgan fingerprint density at radius 3 is 2.29 bits per heavy atom. The summed E-state index contributed by atoms with van der Waals surface area (Å²) in [4.78, 5) is 2.44. The average Bonchev–Trinajstić information content (AvgIpc) is 2.56. The molecule has 0 unspecified atom stereocenters. The van der Waals surface area contributed by atoms with Crippen molar-refractivity contribution in [2.45, 2.75) is 18.4 Å². The predicted molar refractivity (Wildman–Crippen MR) is 97.1 cm³/mol. The molecule has 0 aliphatic rings. The summed E-state index contributed by atoms with van der Waals surface area (Å²) in [6.07, 6.45) is 0. The molecular weight excluding hydrogens is 322 g/mol. The third kappa shape index (κ3) is 5.72. The molecule has 0 fully saturated rings. The van der Waals surface area contributed by atoms with Crippen molar-refractivity contribution in [3.63, 3.8) is 0 Å². The summed E-state index contributed by atoms with van der Waals surface area (Å²) in [5.74, 6) is 0. The number of hydrogen-bond donors (Lipinski definition) is 2. The van der Waals surface area contributed by atoms with Crippen molar-refractivity contribution in [1.82, 2.24) is 9.62 Å². The van der Waals surface area contributed by atoms with Gasteiger partial charge >= 0.3 is 0 Å². The fourth-order valence-corrected chi connectivity index (χ4v) is 3.45. The van der Waals surface area contributed by atoms with Gasteiger partial charge in [0.25, 0.3) is 0 Å². The quantitative estimate of drug-likeness (QED) is 0.724. The maximum Gasteiger partial charge on any atom is 0.240 e. The molecule has 6 heteroatoms. The summed E-state index contributed by atoms with van der Waals surface area (Å²) in [6, 6.07) is 16.9. The topological polar surface area (TPSA) is 75.4 Å². The number of sulfonamides is 1. The van der Waals surface area contributed by atoms with Crippen LogP contribution in [0.2, 0.25) is 0 Å². The first kappa shape index (κ1) is 18.6. The Morgan fingerprint density at radius 2 is 1.67 bits per heavy atom. The van der Waals surface area contributed by atoms with E-state index in [1.54, 1.807) is 24.3 Å². The fraction of sp³-hybridized carbons (Fsp3) is 0.333. The molecule has 0 aromatic heterocycles. The lowest BCUT2D eigenvalue weighted by Gasteiger charge is -2.21. The van der Waals surface area contributed by atoms with Crippen molar-refractivity contribution in [3.05, 3.63) is 65.7 Å². The summed E-state index contributed by atoms with van der Waals surface area (Å²) in [7, 11) is -3.47. The molecule has 0 radical (unpaired) electrons. The van der Waals surface area contributed by atoms with Crippen LogP contribution >= 0.6 is 0 Å². The molecule has 0 spiro atoms. The first-order valence-corrected chi connectivity index (χ1v) is 9.52. The van der Waals surface area contributed by atoms with Crippen molar-refractivity contribution >= 4 is 10.0 Å². The molecule has 24 heavy (non-hydrogen) atoms. The van der Waals surface area contributed by atoms with Crippen LogP contribution in [0, 0.1) is 6.92 Å². The molecule has 0 saturated carbocycles. The lowest BCUT2D eigenvalue weighted by molar-refractivity contribution is 0.277. The van der Waals surface area contributed by atoms with Gasteiger partial charge in [0.2, 0.25) is 10.0 Å². The van der Waals surface area contributed by atoms with Gasteiger partial charge < -0.3 is 5.73 Å². The zero-order chi connectivity index (χ0) is 17.4. The molecule has 2 aromatic rings. The van der Waals surface area contributed by atoms with Gasteiger partial charge in [0, 0.05) is 32.7 Å². The van der Waals surface area contributed by atoms with E-state index in [1.807, 2.05) is 25.1 Å². The third-order valence-corrected chi connectivity index (χ3v) is 5.22. The molecule has 130 valence electrons. The van der Waals surface area contributed by atoms with Crippen molar-refractivity contribution in [1.29, 1.82) is 0 Å². The number of rotatable bonds is 9. The van der Waals surface area contributed by atoms with E-state index in [2.05, 4.69) is 21.8 Å². The van der Waals surface area contributed by atoms with Crippen LogP contribution in [0.1, 0.15) is 11.1 Å². The summed E-state index contributed by atoms with van der Waals surface area (Å²) >= 11 is 0. The summed E-state index contributed by atoms with van der Waals surface area (Å²) in [5.41, 5.74) is 7.89. The largest absolute Gasteiger partial charge is 0.329 e. The summed E-state index contributed by atoms with van der Waals surface area (Å²) in [6.45, 7) is 4.90. The zero-order valence-electron chi connectivity index (χ0n) is 14.0. The van der Waals surface area contributed by atoms with Crippen LogP contribution in [0.5, 0.6) is 0 Å². The van der Waals surface area contributed by atoms with Gasteiger partial charge in [0.05, 0.1) is 4.90 Å². The highest BCUT2D eigenvalue weighted by Gasteiger charge is 2.14. The van der Waals surface area contributed by atoms with Gasteiger partial charge in [-0.25, -0.2) is 13.1 Å². The Morgan fingerprint density at radius 1 is 1.00 bits per heavy atom. The van der Waals surface area contributed by atoms with Gasteiger partial charge in [-0.15, -0.1) is 0 Å². The Kier molecular flexibility index (Phi) is 6.93. The number of nitrogens with one attached hydrogen (secondary N) is 1. The van der Waals surface area contributed by atoms with E-state index >= 15 is 0 Å². The lowest BCUT2D eigenvalue weighted by Crippen LogP contribution is -2.37. The molecular formula is C18H25N3O2S. The molecule has 0 bridgehead atoms. The minimum Gasteiger partial charge on any atom is -0.329 e. The van der Waals surface area contributed by atoms with Crippen molar-refractivity contribution < 1.29 is 8.42 Å². The minimum atomic E-state index is -3.47. The van der Waals surface area contributed by atoms with Crippen molar-refractivity contribution in [3.8, 4) is 0 Å². The van der Waals surface area contributed by atoms with E-state index in [4.69, 9.17) is 5.73 Å². The monoisotopic (exact) mass is 347 g/mol. The first-order valence-electron chi connectivity index (χ1n) is 8.04. The second kappa shape index (κ2) is 8.94. The highest BCUT2D eigenvalue weighted by Crippen LogP contribution is 2.10. The number of nitrogens with zero attached hydrogens (tertiary/aromatic N) is 1. The van der Waals surface area contributed by atoms with Gasteiger partial charge in [-0.2, -0.15) is 0 Å². The second-order valence-electron chi connectivity index (χ2n) is 5.76. The van der Waals surface area contributed by atoms with Gasteiger partial charge in [-0.3, -0.25) is 4.90 Å². The average molecular weight is 347 g/mol. The van der Waals surface area contributed by atoms with Crippen LogP contribution in [0.15, 0.2) is 59.5 Å². The standard InChI is InChI=1S/C18H25N3O2S/c1-16-7-9-18(10-8-16)24(22,23)20-12-14-21(13-11-19)15-17-5-3-2-4-6-17/h2-10,20H,11-15,19H2,1H3. The van der Waals surface area contributed by atoms with E-state index < -0.39 is 10.0 Å². The highest BCUT2D eigenvalue weighted by atomic mass is 32.2. The van der Waals surface area contributed by atoms with Crippen LogP contribution in [-0.4, -0.2) is 39.5 Å². The Bertz CT molecular complexity index is 716. The number of benzene rings is 2. The minimum absolute atomic E-state index is 0.293. The number of aryl methyl sites for hydroxylation is 1. The van der Waals surface area contributed by atoms with E-state index in [0.29, 0.717) is 24.5 Å². The summed E-state index contributed by atoms with van der Waals surface area (Å²) in [5, 5.41) is 0. The molecule has 0 aliphatic carbocycles. The normalized spacial score (nSPS) is 11.8. The molecule has 0 atom stereocenters.